The molecule has 1 amide bonds. The number of hydrogen-bond donors (Lipinski definition) is 1. The number of benzene rings is 2. The lowest BCUT2D eigenvalue weighted by Gasteiger charge is -2.17. The molecule has 0 unspecified atom stereocenters. The summed E-state index contributed by atoms with van der Waals surface area (Å²) in [6, 6.07) is 24.0. The Morgan fingerprint density at radius 2 is 1.74 bits per heavy atom. The maximum absolute atomic E-state index is 12.8. The minimum absolute atomic E-state index is 0.128. The number of hydrogen-bond acceptors (Lipinski definition) is 3. The lowest BCUT2D eigenvalue weighted by molar-refractivity contribution is 0.0943. The molecule has 0 spiro atoms. The van der Waals surface area contributed by atoms with Gasteiger partial charge in [-0.15, -0.1) is 11.3 Å². The molecule has 0 saturated carbocycles. The monoisotopic (exact) mass is 373 g/mol. The number of rotatable bonds is 6. The Bertz CT molecular complexity index is 995. The standard InChI is InChI=1S/C22H19N3OS/c26-22(19-14-23-25(16-19)15-17-8-3-1-4-9-17)24-21(20-12-7-13-27-20)18-10-5-2-6-11-18/h1-14,16,21H,15H2,(H,24,26)/t21-/m1/s1. The summed E-state index contributed by atoms with van der Waals surface area (Å²) in [6.45, 7) is 0.640. The van der Waals surface area contributed by atoms with E-state index in [9.17, 15) is 4.79 Å². The van der Waals surface area contributed by atoms with E-state index in [0.29, 0.717) is 12.1 Å². The lowest BCUT2D eigenvalue weighted by atomic mass is 10.1. The summed E-state index contributed by atoms with van der Waals surface area (Å²) in [7, 11) is 0. The predicted octanol–water partition coefficient (Wildman–Crippen LogP) is 4.51. The fraction of sp³-hybridized carbons (Fsp3) is 0.0909. The Balaban J connectivity index is 1.52. The van der Waals surface area contributed by atoms with Crippen LogP contribution in [0.1, 0.15) is 32.4 Å². The summed E-state index contributed by atoms with van der Waals surface area (Å²) in [5.41, 5.74) is 2.77. The van der Waals surface area contributed by atoms with Gasteiger partial charge in [-0.1, -0.05) is 66.7 Å². The summed E-state index contributed by atoms with van der Waals surface area (Å²) in [5, 5.41) is 9.50. The molecule has 0 fully saturated rings. The minimum atomic E-state index is -0.170. The Kier molecular flexibility index (Phi) is 5.12. The van der Waals surface area contributed by atoms with Crippen molar-refractivity contribution < 1.29 is 4.79 Å². The third kappa shape index (κ3) is 4.15. The molecule has 134 valence electrons. The smallest absolute Gasteiger partial charge is 0.255 e. The van der Waals surface area contributed by atoms with Gasteiger partial charge in [-0.2, -0.15) is 5.10 Å². The second-order valence-electron chi connectivity index (χ2n) is 6.24. The average Bonchev–Trinajstić information content (AvgIpc) is 3.40. The first-order chi connectivity index (χ1) is 13.3. The van der Waals surface area contributed by atoms with Gasteiger partial charge >= 0.3 is 0 Å². The minimum Gasteiger partial charge on any atom is -0.340 e. The van der Waals surface area contributed by atoms with E-state index in [0.717, 1.165) is 16.0 Å². The summed E-state index contributed by atoms with van der Waals surface area (Å²) in [5.74, 6) is -0.128. The topological polar surface area (TPSA) is 46.9 Å². The highest BCUT2D eigenvalue weighted by molar-refractivity contribution is 7.10. The third-order valence-electron chi connectivity index (χ3n) is 4.32. The Morgan fingerprint density at radius 1 is 1.00 bits per heavy atom. The maximum Gasteiger partial charge on any atom is 0.255 e. The predicted molar refractivity (Wildman–Crippen MR) is 108 cm³/mol. The van der Waals surface area contributed by atoms with Crippen LogP contribution in [0.5, 0.6) is 0 Å². The van der Waals surface area contributed by atoms with Gasteiger partial charge in [-0.05, 0) is 22.6 Å². The van der Waals surface area contributed by atoms with Crippen molar-refractivity contribution in [2.45, 2.75) is 12.6 Å². The number of nitrogens with one attached hydrogen (secondary N) is 1. The highest BCUT2D eigenvalue weighted by Crippen LogP contribution is 2.26. The number of nitrogens with zero attached hydrogens (tertiary/aromatic N) is 2. The molecule has 1 N–H and O–H groups in total. The van der Waals surface area contributed by atoms with E-state index in [1.165, 1.54) is 0 Å². The van der Waals surface area contributed by atoms with Crippen LogP contribution in [0.3, 0.4) is 0 Å². The van der Waals surface area contributed by atoms with E-state index >= 15 is 0 Å². The molecule has 0 bridgehead atoms. The molecule has 0 aliphatic rings. The summed E-state index contributed by atoms with van der Waals surface area (Å²) < 4.78 is 1.78. The van der Waals surface area contributed by atoms with Crippen LogP contribution in [-0.2, 0) is 6.54 Å². The highest BCUT2D eigenvalue weighted by Gasteiger charge is 2.19. The van der Waals surface area contributed by atoms with Gasteiger partial charge in [0.15, 0.2) is 0 Å². The van der Waals surface area contributed by atoms with Crippen LogP contribution in [0.15, 0.2) is 90.6 Å². The first-order valence-electron chi connectivity index (χ1n) is 8.75. The number of carbonyl (C=O) groups is 1. The molecule has 0 saturated heterocycles. The molecule has 4 aromatic rings. The van der Waals surface area contributed by atoms with Crippen molar-refractivity contribution in [3.8, 4) is 0 Å². The van der Waals surface area contributed by atoms with Gasteiger partial charge < -0.3 is 5.32 Å². The van der Waals surface area contributed by atoms with Gasteiger partial charge in [-0.3, -0.25) is 9.48 Å². The number of amides is 1. The largest absolute Gasteiger partial charge is 0.340 e. The van der Waals surface area contributed by atoms with Crippen molar-refractivity contribution in [3.63, 3.8) is 0 Å². The summed E-state index contributed by atoms with van der Waals surface area (Å²) >= 11 is 1.63. The summed E-state index contributed by atoms with van der Waals surface area (Å²) in [6.07, 6.45) is 3.41. The molecule has 2 heterocycles. The molecule has 2 aromatic carbocycles. The van der Waals surface area contributed by atoms with Gasteiger partial charge in [0.25, 0.3) is 5.91 Å². The first kappa shape index (κ1) is 17.2. The lowest BCUT2D eigenvalue weighted by Crippen LogP contribution is -2.28. The number of thiophene rings is 1. The fourth-order valence-electron chi connectivity index (χ4n) is 2.97. The van der Waals surface area contributed by atoms with Crippen molar-refractivity contribution in [2.24, 2.45) is 0 Å². The van der Waals surface area contributed by atoms with Crippen LogP contribution < -0.4 is 5.32 Å². The van der Waals surface area contributed by atoms with Crippen LogP contribution in [-0.4, -0.2) is 15.7 Å². The molecular weight excluding hydrogens is 354 g/mol. The van der Waals surface area contributed by atoms with E-state index in [1.54, 1.807) is 28.4 Å². The van der Waals surface area contributed by atoms with Crippen molar-refractivity contribution >= 4 is 17.2 Å². The van der Waals surface area contributed by atoms with Crippen molar-refractivity contribution in [3.05, 3.63) is 112 Å². The van der Waals surface area contributed by atoms with E-state index in [1.807, 2.05) is 78.2 Å². The van der Waals surface area contributed by atoms with Crippen LogP contribution in [0.2, 0.25) is 0 Å². The molecule has 0 radical (unpaired) electrons. The zero-order chi connectivity index (χ0) is 18.5. The van der Waals surface area contributed by atoms with Crippen molar-refractivity contribution in [1.82, 2.24) is 15.1 Å². The Labute approximate surface area is 162 Å². The number of aromatic nitrogens is 2. The number of carbonyl (C=O) groups excluding carboxylic acids is 1. The van der Waals surface area contributed by atoms with E-state index < -0.39 is 0 Å². The molecule has 4 rings (SSSR count). The van der Waals surface area contributed by atoms with E-state index in [-0.39, 0.29) is 11.9 Å². The molecule has 5 heteroatoms. The zero-order valence-corrected chi connectivity index (χ0v) is 15.5. The molecular formula is C22H19N3OS. The van der Waals surface area contributed by atoms with Crippen LogP contribution in [0.25, 0.3) is 0 Å². The maximum atomic E-state index is 12.8. The van der Waals surface area contributed by atoms with E-state index in [2.05, 4.69) is 10.4 Å². The molecule has 4 nitrogen and oxygen atoms in total. The Morgan fingerprint density at radius 3 is 2.44 bits per heavy atom. The van der Waals surface area contributed by atoms with Crippen LogP contribution in [0, 0.1) is 0 Å². The van der Waals surface area contributed by atoms with Crippen molar-refractivity contribution in [2.75, 3.05) is 0 Å². The molecule has 27 heavy (non-hydrogen) atoms. The van der Waals surface area contributed by atoms with Gasteiger partial charge in [0.05, 0.1) is 24.3 Å². The molecule has 1 atom stereocenters. The van der Waals surface area contributed by atoms with Crippen molar-refractivity contribution in [1.29, 1.82) is 0 Å². The molecule has 0 aliphatic heterocycles. The normalized spacial score (nSPS) is 11.9. The van der Waals surface area contributed by atoms with Gasteiger partial charge in [0.2, 0.25) is 0 Å². The quantitative estimate of drug-likeness (QED) is 0.540. The fourth-order valence-corrected chi connectivity index (χ4v) is 3.77. The SMILES string of the molecule is O=C(N[C@H](c1ccccc1)c1cccs1)c1cnn(Cc2ccccc2)c1. The summed E-state index contributed by atoms with van der Waals surface area (Å²) in [4.78, 5) is 13.9. The van der Waals surface area contributed by atoms with Gasteiger partial charge in [-0.25, -0.2) is 0 Å². The van der Waals surface area contributed by atoms with Crippen LogP contribution in [0.4, 0.5) is 0 Å². The highest BCUT2D eigenvalue weighted by atomic mass is 32.1. The second-order valence-corrected chi connectivity index (χ2v) is 7.22. The molecule has 0 aliphatic carbocycles. The van der Waals surface area contributed by atoms with Crippen LogP contribution >= 0.6 is 11.3 Å². The van der Waals surface area contributed by atoms with Gasteiger partial charge in [0, 0.05) is 11.1 Å². The average molecular weight is 373 g/mol. The molecule has 2 aromatic heterocycles. The van der Waals surface area contributed by atoms with E-state index in [4.69, 9.17) is 0 Å². The Hall–Kier alpha value is -3.18. The van der Waals surface area contributed by atoms with Gasteiger partial charge in [0.1, 0.15) is 0 Å². The first-order valence-corrected chi connectivity index (χ1v) is 9.63. The zero-order valence-electron chi connectivity index (χ0n) is 14.7. The second kappa shape index (κ2) is 8.01. The third-order valence-corrected chi connectivity index (χ3v) is 5.26.